The molecular formula is C17H19N3O5S. The van der Waals surface area contributed by atoms with Crippen molar-refractivity contribution < 1.29 is 18.1 Å². The van der Waals surface area contributed by atoms with E-state index in [0.29, 0.717) is 11.3 Å². The Morgan fingerprint density at radius 2 is 1.73 bits per heavy atom. The molecule has 0 heterocycles. The van der Waals surface area contributed by atoms with E-state index >= 15 is 0 Å². The van der Waals surface area contributed by atoms with E-state index in [0.717, 1.165) is 0 Å². The minimum Gasteiger partial charge on any atom is -0.322 e. The summed E-state index contributed by atoms with van der Waals surface area (Å²) < 4.78 is 26.6. The fourth-order valence-corrected chi connectivity index (χ4v) is 3.55. The number of aryl methyl sites for hydroxylation is 1. The van der Waals surface area contributed by atoms with Crippen LogP contribution in [0.2, 0.25) is 0 Å². The molecule has 0 aromatic heterocycles. The molecule has 26 heavy (non-hydrogen) atoms. The molecule has 2 aromatic carbocycles. The number of carbonyl (C=O) groups is 1. The number of carbonyl (C=O) groups excluding carboxylic acids is 1. The summed E-state index contributed by atoms with van der Waals surface area (Å²) in [6.45, 7) is 4.99. The van der Waals surface area contributed by atoms with Crippen molar-refractivity contribution in [1.29, 1.82) is 0 Å². The summed E-state index contributed by atoms with van der Waals surface area (Å²) in [7, 11) is -3.60. The van der Waals surface area contributed by atoms with E-state index in [9.17, 15) is 23.3 Å². The molecule has 0 saturated carbocycles. The van der Waals surface area contributed by atoms with Crippen molar-refractivity contribution in [2.75, 3.05) is 5.32 Å². The molecule has 0 fully saturated rings. The number of nitrogens with one attached hydrogen (secondary N) is 2. The maximum absolute atomic E-state index is 12.3. The average molecular weight is 377 g/mol. The number of nitro groups is 1. The van der Waals surface area contributed by atoms with Gasteiger partial charge in [-0.3, -0.25) is 14.9 Å². The number of sulfonamides is 1. The van der Waals surface area contributed by atoms with Crippen LogP contribution in [0.1, 0.15) is 29.8 Å². The summed E-state index contributed by atoms with van der Waals surface area (Å²) >= 11 is 0. The van der Waals surface area contributed by atoms with E-state index in [1.165, 1.54) is 42.5 Å². The van der Waals surface area contributed by atoms with Crippen LogP contribution in [0.3, 0.4) is 0 Å². The van der Waals surface area contributed by atoms with Gasteiger partial charge in [0, 0.05) is 28.9 Å². The summed E-state index contributed by atoms with van der Waals surface area (Å²) in [5, 5.41) is 13.5. The first-order valence-corrected chi connectivity index (χ1v) is 9.27. The van der Waals surface area contributed by atoms with Gasteiger partial charge in [-0.25, -0.2) is 13.1 Å². The number of anilines is 1. The molecule has 138 valence electrons. The Morgan fingerprint density at radius 3 is 2.23 bits per heavy atom. The molecule has 0 aliphatic rings. The molecule has 8 nitrogen and oxygen atoms in total. The predicted molar refractivity (Wildman–Crippen MR) is 97.7 cm³/mol. The minimum absolute atomic E-state index is 0.0613. The summed E-state index contributed by atoms with van der Waals surface area (Å²) in [5.74, 6) is -0.445. The zero-order chi connectivity index (χ0) is 19.5. The summed E-state index contributed by atoms with van der Waals surface area (Å²) in [6.07, 6.45) is 0. The molecule has 1 amide bonds. The van der Waals surface area contributed by atoms with E-state index < -0.39 is 20.9 Å². The fourth-order valence-electron chi connectivity index (χ4n) is 2.30. The second-order valence-electron chi connectivity index (χ2n) is 6.01. The van der Waals surface area contributed by atoms with Crippen LogP contribution in [0.15, 0.2) is 47.4 Å². The van der Waals surface area contributed by atoms with Crippen molar-refractivity contribution in [1.82, 2.24) is 4.72 Å². The third kappa shape index (κ3) is 4.64. The quantitative estimate of drug-likeness (QED) is 0.593. The van der Waals surface area contributed by atoms with Crippen molar-refractivity contribution in [2.45, 2.75) is 31.7 Å². The lowest BCUT2D eigenvalue weighted by atomic mass is 10.1. The Bertz CT molecular complexity index is 937. The zero-order valence-corrected chi connectivity index (χ0v) is 15.3. The molecule has 2 aromatic rings. The Labute approximate surface area is 151 Å². The van der Waals surface area contributed by atoms with Gasteiger partial charge in [-0.1, -0.05) is 0 Å². The van der Waals surface area contributed by atoms with Crippen LogP contribution in [-0.2, 0) is 10.0 Å². The van der Waals surface area contributed by atoms with Gasteiger partial charge >= 0.3 is 0 Å². The molecule has 2 N–H and O–H groups in total. The van der Waals surface area contributed by atoms with Gasteiger partial charge in [0.2, 0.25) is 10.0 Å². The summed E-state index contributed by atoms with van der Waals surface area (Å²) in [6, 6.07) is 9.57. The van der Waals surface area contributed by atoms with Crippen LogP contribution in [0.4, 0.5) is 11.4 Å². The summed E-state index contributed by atoms with van der Waals surface area (Å²) in [5.41, 5.74) is 0.999. The predicted octanol–water partition coefficient (Wildman–Crippen LogP) is 2.84. The number of nitro benzene ring substituents is 1. The van der Waals surface area contributed by atoms with Crippen LogP contribution >= 0.6 is 0 Å². The molecule has 0 bridgehead atoms. The van der Waals surface area contributed by atoms with Crippen LogP contribution in [0.5, 0.6) is 0 Å². The van der Waals surface area contributed by atoms with Crippen molar-refractivity contribution in [3.05, 3.63) is 63.7 Å². The van der Waals surface area contributed by atoms with Crippen LogP contribution in [0, 0.1) is 17.0 Å². The molecule has 0 spiro atoms. The lowest BCUT2D eigenvalue weighted by Gasteiger charge is -2.10. The van der Waals surface area contributed by atoms with E-state index in [-0.39, 0.29) is 22.2 Å². The van der Waals surface area contributed by atoms with Gasteiger partial charge in [0.25, 0.3) is 11.6 Å². The Hall–Kier alpha value is -2.78. The first-order valence-electron chi connectivity index (χ1n) is 7.79. The lowest BCUT2D eigenvalue weighted by molar-refractivity contribution is -0.385. The maximum atomic E-state index is 12.3. The van der Waals surface area contributed by atoms with Crippen molar-refractivity contribution in [3.63, 3.8) is 0 Å². The van der Waals surface area contributed by atoms with Gasteiger partial charge in [-0.15, -0.1) is 0 Å². The first kappa shape index (κ1) is 19.5. The average Bonchev–Trinajstić information content (AvgIpc) is 2.53. The van der Waals surface area contributed by atoms with Crippen LogP contribution in [0.25, 0.3) is 0 Å². The Kier molecular flexibility index (Phi) is 5.73. The van der Waals surface area contributed by atoms with Gasteiger partial charge in [-0.2, -0.15) is 0 Å². The molecule has 9 heteroatoms. The highest BCUT2D eigenvalue weighted by Gasteiger charge is 2.16. The molecular weight excluding hydrogens is 358 g/mol. The third-order valence-corrected chi connectivity index (χ3v) is 5.14. The Balaban J connectivity index is 2.15. The van der Waals surface area contributed by atoms with Crippen molar-refractivity contribution in [2.24, 2.45) is 0 Å². The van der Waals surface area contributed by atoms with E-state index in [2.05, 4.69) is 10.0 Å². The van der Waals surface area contributed by atoms with Gasteiger partial charge in [0.05, 0.1) is 9.82 Å². The van der Waals surface area contributed by atoms with Gasteiger partial charge < -0.3 is 5.32 Å². The number of hydrogen-bond acceptors (Lipinski definition) is 5. The van der Waals surface area contributed by atoms with Crippen molar-refractivity contribution in [3.8, 4) is 0 Å². The Morgan fingerprint density at radius 1 is 1.12 bits per heavy atom. The number of benzene rings is 2. The second-order valence-corrected chi connectivity index (χ2v) is 7.73. The summed E-state index contributed by atoms with van der Waals surface area (Å²) in [4.78, 5) is 22.7. The van der Waals surface area contributed by atoms with Crippen molar-refractivity contribution >= 4 is 27.3 Å². The molecule has 2 rings (SSSR count). The molecule has 0 radical (unpaired) electrons. The monoisotopic (exact) mass is 377 g/mol. The SMILES string of the molecule is Cc1cc(C(=O)Nc2ccc(S(=O)(=O)NC(C)C)cc2)ccc1[N+](=O)[O-]. The molecule has 0 saturated heterocycles. The van der Waals surface area contributed by atoms with E-state index in [4.69, 9.17) is 0 Å². The maximum Gasteiger partial charge on any atom is 0.272 e. The van der Waals surface area contributed by atoms with E-state index in [1.807, 2.05) is 0 Å². The highest BCUT2D eigenvalue weighted by molar-refractivity contribution is 7.89. The molecule has 0 aliphatic carbocycles. The van der Waals surface area contributed by atoms with Crippen LogP contribution in [-0.4, -0.2) is 25.3 Å². The number of nitrogens with zero attached hydrogens (tertiary/aromatic N) is 1. The standard InChI is InChI=1S/C17H19N3O5S/c1-11(2)19-26(24,25)15-7-5-14(6-8-15)18-17(21)13-4-9-16(20(22)23)12(3)10-13/h4-11,19H,1-3H3,(H,18,21). The minimum atomic E-state index is -3.60. The molecule has 0 aliphatic heterocycles. The number of amides is 1. The highest BCUT2D eigenvalue weighted by Crippen LogP contribution is 2.20. The number of hydrogen-bond donors (Lipinski definition) is 2. The normalized spacial score (nSPS) is 11.4. The van der Waals surface area contributed by atoms with E-state index in [1.54, 1.807) is 20.8 Å². The highest BCUT2D eigenvalue weighted by atomic mass is 32.2. The molecule has 0 unspecified atom stereocenters. The zero-order valence-electron chi connectivity index (χ0n) is 14.5. The van der Waals surface area contributed by atoms with Gasteiger partial charge in [0.1, 0.15) is 0 Å². The van der Waals surface area contributed by atoms with Gasteiger partial charge in [-0.05, 0) is 57.2 Å². The smallest absolute Gasteiger partial charge is 0.272 e. The number of rotatable bonds is 6. The largest absolute Gasteiger partial charge is 0.322 e. The fraction of sp³-hybridized carbons (Fsp3) is 0.235. The topological polar surface area (TPSA) is 118 Å². The third-order valence-electron chi connectivity index (χ3n) is 3.47. The first-order chi connectivity index (χ1) is 12.1. The molecule has 0 atom stereocenters. The lowest BCUT2D eigenvalue weighted by Crippen LogP contribution is -2.30. The van der Waals surface area contributed by atoms with Crippen LogP contribution < -0.4 is 10.0 Å². The van der Waals surface area contributed by atoms with Gasteiger partial charge in [0.15, 0.2) is 0 Å². The second kappa shape index (κ2) is 7.63.